The Balaban J connectivity index is 2.38. The van der Waals surface area contributed by atoms with Crippen LogP contribution < -0.4 is 0 Å². The summed E-state index contributed by atoms with van der Waals surface area (Å²) < 4.78 is 38.8. The molecule has 0 radical (unpaired) electrons. The van der Waals surface area contributed by atoms with E-state index in [1.807, 2.05) is 0 Å². The summed E-state index contributed by atoms with van der Waals surface area (Å²) in [6.45, 7) is 1.50. The molecule has 1 heterocycles. The molecule has 18 heavy (non-hydrogen) atoms. The number of alkyl halides is 3. The number of nitrogens with zero attached hydrogens (tertiary/aromatic N) is 3. The smallest absolute Gasteiger partial charge is 0.387 e. The van der Waals surface area contributed by atoms with Gasteiger partial charge < -0.3 is 5.11 Å². The van der Waals surface area contributed by atoms with Gasteiger partial charge in [-0.15, -0.1) is 5.10 Å². The summed E-state index contributed by atoms with van der Waals surface area (Å²) in [6, 6.07) is 4.73. The third-order valence-electron chi connectivity index (χ3n) is 2.38. The van der Waals surface area contributed by atoms with E-state index in [0.29, 0.717) is 5.69 Å². The van der Waals surface area contributed by atoms with Crippen LogP contribution in [0.5, 0.6) is 0 Å². The largest absolute Gasteiger partial charge is 0.416 e. The molecule has 0 spiro atoms. The quantitative estimate of drug-likeness (QED) is 0.898. The van der Waals surface area contributed by atoms with Gasteiger partial charge in [-0.3, -0.25) is 0 Å². The number of rotatable bonds is 2. The van der Waals surface area contributed by atoms with Crippen molar-refractivity contribution in [2.45, 2.75) is 19.2 Å². The van der Waals surface area contributed by atoms with E-state index in [4.69, 9.17) is 0 Å². The van der Waals surface area contributed by atoms with E-state index in [0.717, 1.165) is 12.1 Å². The van der Waals surface area contributed by atoms with Crippen LogP contribution in [-0.2, 0) is 6.18 Å². The van der Waals surface area contributed by atoms with Gasteiger partial charge in [0.1, 0.15) is 5.69 Å². The fourth-order valence-corrected chi connectivity index (χ4v) is 1.42. The van der Waals surface area contributed by atoms with Gasteiger partial charge in [0.25, 0.3) is 0 Å². The minimum absolute atomic E-state index is 0.240. The van der Waals surface area contributed by atoms with E-state index in [2.05, 4.69) is 10.3 Å². The minimum Gasteiger partial charge on any atom is -0.387 e. The van der Waals surface area contributed by atoms with Gasteiger partial charge >= 0.3 is 6.18 Å². The first-order chi connectivity index (χ1) is 8.38. The Bertz CT molecular complexity index is 548. The van der Waals surface area contributed by atoms with Gasteiger partial charge in [0, 0.05) is 0 Å². The first kappa shape index (κ1) is 12.6. The summed E-state index contributed by atoms with van der Waals surface area (Å²) in [6.07, 6.45) is -3.83. The van der Waals surface area contributed by atoms with Crippen LogP contribution in [0.1, 0.15) is 24.3 Å². The van der Waals surface area contributed by atoms with Crippen molar-refractivity contribution in [2.75, 3.05) is 0 Å². The fourth-order valence-electron chi connectivity index (χ4n) is 1.42. The molecule has 0 unspecified atom stereocenters. The summed E-state index contributed by atoms with van der Waals surface area (Å²) in [5, 5.41) is 16.6. The number of aliphatic hydroxyl groups is 1. The number of halogens is 3. The van der Waals surface area contributed by atoms with Crippen LogP contribution in [0.15, 0.2) is 30.5 Å². The van der Waals surface area contributed by atoms with Gasteiger partial charge in [0.2, 0.25) is 0 Å². The van der Waals surface area contributed by atoms with Crippen molar-refractivity contribution in [2.24, 2.45) is 0 Å². The molecule has 0 fully saturated rings. The molecule has 0 aliphatic heterocycles. The molecule has 1 aromatic carbocycles. The molecule has 1 N–H and O–H groups in total. The predicted octanol–water partition coefficient (Wildman–Crippen LogP) is 2.34. The van der Waals surface area contributed by atoms with E-state index in [1.165, 1.54) is 29.9 Å². The average Bonchev–Trinajstić information content (AvgIpc) is 2.77. The normalized spacial score (nSPS) is 13.6. The van der Waals surface area contributed by atoms with Crippen LogP contribution >= 0.6 is 0 Å². The molecule has 1 aromatic heterocycles. The zero-order valence-corrected chi connectivity index (χ0v) is 9.39. The van der Waals surface area contributed by atoms with Crippen molar-refractivity contribution in [1.29, 1.82) is 0 Å². The second-order valence-electron chi connectivity index (χ2n) is 3.81. The van der Waals surface area contributed by atoms with Gasteiger partial charge in [-0.1, -0.05) is 11.3 Å². The highest BCUT2D eigenvalue weighted by Crippen LogP contribution is 2.30. The standard InChI is InChI=1S/C11H10F3N3O/c1-7(18)10-6-17(16-15-10)9-4-2-3-8(5-9)11(12,13)14/h2-7,18H,1H3/t7-/m0/s1. The lowest BCUT2D eigenvalue weighted by Gasteiger charge is -2.08. The van der Waals surface area contributed by atoms with Crippen LogP contribution in [-0.4, -0.2) is 20.1 Å². The Morgan fingerprint density at radius 1 is 1.33 bits per heavy atom. The lowest BCUT2D eigenvalue weighted by Crippen LogP contribution is -2.06. The average molecular weight is 257 g/mol. The maximum absolute atomic E-state index is 12.5. The first-order valence-electron chi connectivity index (χ1n) is 5.16. The summed E-state index contributed by atoms with van der Waals surface area (Å²) in [4.78, 5) is 0. The summed E-state index contributed by atoms with van der Waals surface area (Å²) in [5.41, 5.74) is -0.217. The molecular weight excluding hydrogens is 247 g/mol. The molecule has 96 valence electrons. The topological polar surface area (TPSA) is 50.9 Å². The lowest BCUT2D eigenvalue weighted by molar-refractivity contribution is -0.137. The van der Waals surface area contributed by atoms with Crippen molar-refractivity contribution >= 4 is 0 Å². The zero-order valence-electron chi connectivity index (χ0n) is 9.39. The Morgan fingerprint density at radius 3 is 2.61 bits per heavy atom. The molecule has 7 heteroatoms. The fraction of sp³-hybridized carbons (Fsp3) is 0.273. The van der Waals surface area contributed by atoms with Crippen molar-refractivity contribution in [3.63, 3.8) is 0 Å². The Morgan fingerprint density at radius 2 is 2.06 bits per heavy atom. The third-order valence-corrected chi connectivity index (χ3v) is 2.38. The van der Waals surface area contributed by atoms with Gasteiger partial charge in [-0.2, -0.15) is 13.2 Å². The predicted molar refractivity (Wildman–Crippen MR) is 57.0 cm³/mol. The molecule has 0 saturated heterocycles. The zero-order chi connectivity index (χ0) is 13.3. The molecule has 4 nitrogen and oxygen atoms in total. The van der Waals surface area contributed by atoms with Gasteiger partial charge in [-0.25, -0.2) is 4.68 Å². The van der Waals surface area contributed by atoms with E-state index in [1.54, 1.807) is 0 Å². The maximum Gasteiger partial charge on any atom is 0.416 e. The summed E-state index contributed by atoms with van der Waals surface area (Å²) in [5.74, 6) is 0. The number of hydrogen-bond donors (Lipinski definition) is 1. The number of aliphatic hydroxyl groups excluding tert-OH is 1. The molecule has 0 aliphatic rings. The van der Waals surface area contributed by atoms with E-state index >= 15 is 0 Å². The van der Waals surface area contributed by atoms with Gasteiger partial charge in [-0.05, 0) is 25.1 Å². The van der Waals surface area contributed by atoms with Crippen LogP contribution in [0.2, 0.25) is 0 Å². The lowest BCUT2D eigenvalue weighted by atomic mass is 10.2. The molecule has 0 aliphatic carbocycles. The molecule has 2 aromatic rings. The first-order valence-corrected chi connectivity index (χ1v) is 5.16. The SMILES string of the molecule is C[C@H](O)c1cn(-c2cccc(C(F)(F)F)c2)nn1. The van der Waals surface area contributed by atoms with Crippen LogP contribution in [0.4, 0.5) is 13.2 Å². The number of benzene rings is 1. The van der Waals surface area contributed by atoms with Crippen LogP contribution in [0, 0.1) is 0 Å². The van der Waals surface area contributed by atoms with Crippen molar-refractivity contribution in [1.82, 2.24) is 15.0 Å². The highest BCUT2D eigenvalue weighted by atomic mass is 19.4. The highest BCUT2D eigenvalue weighted by molar-refractivity contribution is 5.36. The molecule has 1 atom stereocenters. The van der Waals surface area contributed by atoms with Crippen molar-refractivity contribution in [3.05, 3.63) is 41.7 Å². The van der Waals surface area contributed by atoms with Crippen molar-refractivity contribution in [3.8, 4) is 5.69 Å². The second-order valence-corrected chi connectivity index (χ2v) is 3.81. The summed E-state index contributed by atoms with van der Waals surface area (Å²) in [7, 11) is 0. The van der Waals surface area contributed by atoms with Gasteiger partial charge in [0.15, 0.2) is 0 Å². The third kappa shape index (κ3) is 2.51. The maximum atomic E-state index is 12.5. The minimum atomic E-state index is -4.40. The van der Waals surface area contributed by atoms with Crippen LogP contribution in [0.25, 0.3) is 5.69 Å². The number of hydrogen-bond acceptors (Lipinski definition) is 3. The Hall–Kier alpha value is -1.89. The molecule has 0 saturated carbocycles. The molecule has 0 bridgehead atoms. The van der Waals surface area contributed by atoms with E-state index < -0.39 is 17.8 Å². The summed E-state index contributed by atoms with van der Waals surface area (Å²) >= 11 is 0. The molecule has 2 rings (SSSR count). The van der Waals surface area contributed by atoms with Crippen LogP contribution in [0.3, 0.4) is 0 Å². The van der Waals surface area contributed by atoms with E-state index in [-0.39, 0.29) is 5.69 Å². The second kappa shape index (κ2) is 4.41. The van der Waals surface area contributed by atoms with Gasteiger partial charge in [0.05, 0.1) is 23.6 Å². The molecular formula is C11H10F3N3O. The van der Waals surface area contributed by atoms with Crippen molar-refractivity contribution < 1.29 is 18.3 Å². The molecule has 0 amide bonds. The Labute approximate surface area is 101 Å². The van der Waals surface area contributed by atoms with E-state index in [9.17, 15) is 18.3 Å². The number of aromatic nitrogens is 3. The Kier molecular flexibility index (Phi) is 3.08. The highest BCUT2D eigenvalue weighted by Gasteiger charge is 2.30. The monoisotopic (exact) mass is 257 g/mol.